The van der Waals surface area contributed by atoms with Crippen LogP contribution in [0.25, 0.3) is 0 Å². The van der Waals surface area contributed by atoms with Gasteiger partial charge < -0.3 is 10.2 Å². The van der Waals surface area contributed by atoms with E-state index in [1.807, 2.05) is 4.90 Å². The molecule has 1 atom stereocenters. The van der Waals surface area contributed by atoms with Crippen molar-refractivity contribution in [1.29, 1.82) is 0 Å². The van der Waals surface area contributed by atoms with Crippen molar-refractivity contribution in [3.8, 4) is 0 Å². The largest absolute Gasteiger partial charge is 0.342 e. The standard InChI is InChI=1S/C18H19ClN4O2S/c19-13-4-1-5-14(9-13)20-15(24)17-22-21-16(26-17)12-3-2-8-23(10-12)18(25)11-6-7-11/h1,4-5,9,11-12H,2-3,6-8,10H2,(H,20,24)/t12-/m1/s1. The number of nitrogens with zero attached hydrogens (tertiary/aromatic N) is 3. The normalized spacial score (nSPS) is 20.0. The second-order valence-electron chi connectivity index (χ2n) is 6.81. The maximum atomic E-state index is 12.4. The Morgan fingerprint density at radius 3 is 2.85 bits per heavy atom. The van der Waals surface area contributed by atoms with Crippen LogP contribution in [0.4, 0.5) is 5.69 Å². The third-order valence-corrected chi connectivity index (χ3v) is 6.05. The van der Waals surface area contributed by atoms with Gasteiger partial charge in [0.25, 0.3) is 5.91 Å². The number of likely N-dealkylation sites (tertiary alicyclic amines) is 1. The lowest BCUT2D eigenvalue weighted by Gasteiger charge is -2.31. The fourth-order valence-corrected chi connectivity index (χ4v) is 4.26. The number of rotatable bonds is 4. The van der Waals surface area contributed by atoms with Gasteiger partial charge in [0.1, 0.15) is 5.01 Å². The number of anilines is 1. The predicted molar refractivity (Wildman–Crippen MR) is 101 cm³/mol. The molecule has 1 saturated carbocycles. The van der Waals surface area contributed by atoms with E-state index in [0.717, 1.165) is 37.2 Å². The van der Waals surface area contributed by atoms with Crippen molar-refractivity contribution in [3.63, 3.8) is 0 Å². The van der Waals surface area contributed by atoms with Crippen molar-refractivity contribution in [1.82, 2.24) is 15.1 Å². The van der Waals surface area contributed by atoms with Crippen molar-refractivity contribution in [3.05, 3.63) is 39.3 Å². The third-order valence-electron chi connectivity index (χ3n) is 4.73. The third kappa shape index (κ3) is 3.88. The molecule has 0 radical (unpaired) electrons. The van der Waals surface area contributed by atoms with Gasteiger partial charge in [-0.05, 0) is 43.9 Å². The average molecular weight is 391 g/mol. The fraction of sp³-hybridized carbons (Fsp3) is 0.444. The van der Waals surface area contributed by atoms with Crippen LogP contribution in [-0.4, -0.2) is 40.0 Å². The van der Waals surface area contributed by atoms with E-state index in [2.05, 4.69) is 15.5 Å². The van der Waals surface area contributed by atoms with Crippen LogP contribution in [0.1, 0.15) is 46.4 Å². The Balaban J connectivity index is 1.42. The highest BCUT2D eigenvalue weighted by Gasteiger charge is 2.36. The summed E-state index contributed by atoms with van der Waals surface area (Å²) in [7, 11) is 0. The van der Waals surface area contributed by atoms with Gasteiger partial charge in [0.15, 0.2) is 0 Å². The van der Waals surface area contributed by atoms with Crippen LogP contribution in [0.3, 0.4) is 0 Å². The molecule has 2 aromatic rings. The van der Waals surface area contributed by atoms with Crippen LogP contribution in [0, 0.1) is 5.92 Å². The highest BCUT2D eigenvalue weighted by atomic mass is 35.5. The number of carbonyl (C=O) groups excluding carboxylic acids is 2. The summed E-state index contributed by atoms with van der Waals surface area (Å²) in [5.74, 6) is 0.384. The van der Waals surface area contributed by atoms with Crippen LogP contribution in [0.15, 0.2) is 24.3 Å². The van der Waals surface area contributed by atoms with Crippen LogP contribution in [0.2, 0.25) is 5.02 Å². The van der Waals surface area contributed by atoms with E-state index in [4.69, 9.17) is 11.6 Å². The van der Waals surface area contributed by atoms with Gasteiger partial charge in [0.2, 0.25) is 10.9 Å². The van der Waals surface area contributed by atoms with E-state index >= 15 is 0 Å². The molecule has 1 aliphatic carbocycles. The van der Waals surface area contributed by atoms with Gasteiger partial charge in [0.05, 0.1) is 0 Å². The molecule has 8 heteroatoms. The molecule has 6 nitrogen and oxygen atoms in total. The molecule has 2 aliphatic rings. The van der Waals surface area contributed by atoms with E-state index in [1.165, 1.54) is 11.3 Å². The first-order valence-corrected chi connectivity index (χ1v) is 9.98. The van der Waals surface area contributed by atoms with Crippen LogP contribution in [-0.2, 0) is 4.79 Å². The molecule has 2 fully saturated rings. The van der Waals surface area contributed by atoms with Gasteiger partial charge in [-0.25, -0.2) is 0 Å². The topological polar surface area (TPSA) is 75.2 Å². The second-order valence-corrected chi connectivity index (χ2v) is 8.25. The number of benzene rings is 1. The summed E-state index contributed by atoms with van der Waals surface area (Å²) in [4.78, 5) is 26.6. The summed E-state index contributed by atoms with van der Waals surface area (Å²) in [6, 6.07) is 6.98. The quantitative estimate of drug-likeness (QED) is 0.866. The van der Waals surface area contributed by atoms with Crippen molar-refractivity contribution in [2.45, 2.75) is 31.6 Å². The van der Waals surface area contributed by atoms with E-state index in [9.17, 15) is 9.59 Å². The Morgan fingerprint density at radius 1 is 1.23 bits per heavy atom. The van der Waals surface area contributed by atoms with Gasteiger partial charge in [0, 0.05) is 35.6 Å². The first-order valence-electron chi connectivity index (χ1n) is 8.79. The molecule has 1 saturated heterocycles. The van der Waals surface area contributed by atoms with Gasteiger partial charge in [-0.3, -0.25) is 9.59 Å². The summed E-state index contributed by atoms with van der Waals surface area (Å²) in [6.45, 7) is 1.51. The van der Waals surface area contributed by atoms with E-state index in [1.54, 1.807) is 24.3 Å². The van der Waals surface area contributed by atoms with Crippen molar-refractivity contribution in [2.24, 2.45) is 5.92 Å². The monoisotopic (exact) mass is 390 g/mol. The van der Waals surface area contributed by atoms with Gasteiger partial charge >= 0.3 is 0 Å². The van der Waals surface area contributed by atoms with Gasteiger partial charge in [-0.2, -0.15) is 0 Å². The summed E-state index contributed by atoms with van der Waals surface area (Å²) < 4.78 is 0. The number of aromatic nitrogens is 2. The first-order chi connectivity index (χ1) is 12.6. The molecule has 0 spiro atoms. The minimum absolute atomic E-state index is 0.164. The molecular formula is C18H19ClN4O2S. The Morgan fingerprint density at radius 2 is 2.08 bits per heavy atom. The summed E-state index contributed by atoms with van der Waals surface area (Å²) >= 11 is 7.24. The number of halogens is 1. The number of nitrogens with one attached hydrogen (secondary N) is 1. The molecule has 1 N–H and O–H groups in total. The minimum atomic E-state index is -0.294. The Labute approximate surface area is 160 Å². The number of hydrogen-bond acceptors (Lipinski definition) is 5. The summed E-state index contributed by atoms with van der Waals surface area (Å²) in [5, 5.41) is 12.8. The van der Waals surface area contributed by atoms with Gasteiger partial charge in [-0.15, -0.1) is 10.2 Å². The van der Waals surface area contributed by atoms with Crippen LogP contribution in [0.5, 0.6) is 0 Å². The number of piperidine rings is 1. The molecule has 0 bridgehead atoms. The number of hydrogen-bond donors (Lipinski definition) is 1. The SMILES string of the molecule is O=C(Nc1cccc(Cl)c1)c1nnc([C@@H]2CCCN(C(=O)C3CC3)C2)s1. The molecule has 1 aromatic heterocycles. The molecule has 0 unspecified atom stereocenters. The highest BCUT2D eigenvalue weighted by molar-refractivity contribution is 7.13. The molecule has 136 valence electrons. The zero-order valence-corrected chi connectivity index (χ0v) is 15.7. The second kappa shape index (κ2) is 7.32. The van der Waals surface area contributed by atoms with E-state index in [-0.39, 0.29) is 23.7 Å². The van der Waals surface area contributed by atoms with Crippen molar-refractivity contribution in [2.75, 3.05) is 18.4 Å². The highest BCUT2D eigenvalue weighted by Crippen LogP contribution is 2.35. The Hall–Kier alpha value is -1.99. The summed E-state index contributed by atoms with van der Waals surface area (Å²) in [5.41, 5.74) is 0.623. The Kier molecular flexibility index (Phi) is 4.91. The molecule has 2 heterocycles. The number of carbonyl (C=O) groups is 2. The molecule has 26 heavy (non-hydrogen) atoms. The lowest BCUT2D eigenvalue weighted by Crippen LogP contribution is -2.39. The van der Waals surface area contributed by atoms with E-state index in [0.29, 0.717) is 22.3 Å². The lowest BCUT2D eigenvalue weighted by molar-refractivity contribution is -0.133. The molecule has 2 amide bonds. The minimum Gasteiger partial charge on any atom is -0.342 e. The summed E-state index contributed by atoms with van der Waals surface area (Å²) in [6.07, 6.45) is 3.98. The zero-order chi connectivity index (χ0) is 18.1. The Bertz CT molecular complexity index is 836. The maximum absolute atomic E-state index is 12.4. The van der Waals surface area contributed by atoms with Gasteiger partial charge in [-0.1, -0.05) is 29.0 Å². The first kappa shape index (κ1) is 17.4. The number of amides is 2. The fourth-order valence-electron chi connectivity index (χ4n) is 3.21. The smallest absolute Gasteiger partial charge is 0.286 e. The average Bonchev–Trinajstić information content (AvgIpc) is 3.37. The van der Waals surface area contributed by atoms with Crippen molar-refractivity contribution >= 4 is 40.4 Å². The molecule has 4 rings (SSSR count). The zero-order valence-electron chi connectivity index (χ0n) is 14.2. The van der Waals surface area contributed by atoms with Crippen molar-refractivity contribution < 1.29 is 9.59 Å². The van der Waals surface area contributed by atoms with Crippen LogP contribution < -0.4 is 5.32 Å². The molecule has 1 aliphatic heterocycles. The predicted octanol–water partition coefficient (Wildman–Crippen LogP) is 3.56. The lowest BCUT2D eigenvalue weighted by atomic mass is 9.98. The maximum Gasteiger partial charge on any atom is 0.286 e. The molecular weight excluding hydrogens is 372 g/mol. The van der Waals surface area contributed by atoms with Crippen LogP contribution >= 0.6 is 22.9 Å². The molecule has 1 aromatic carbocycles. The van der Waals surface area contributed by atoms with E-state index < -0.39 is 0 Å².